The number of aliphatic hydroxyl groups excluding tert-OH is 1. The average molecular weight is 367 g/mol. The van der Waals surface area contributed by atoms with E-state index >= 15 is 0 Å². The van der Waals surface area contributed by atoms with Gasteiger partial charge in [-0.05, 0) is 18.2 Å². The summed E-state index contributed by atoms with van der Waals surface area (Å²) in [5.74, 6) is -0.604. The van der Waals surface area contributed by atoms with Crippen LogP contribution < -0.4 is 4.74 Å². The third-order valence-corrected chi connectivity index (χ3v) is 2.93. The summed E-state index contributed by atoms with van der Waals surface area (Å²) in [5, 5.41) is 9.24. The third kappa shape index (κ3) is 4.86. The molecule has 1 N–H and O–H groups in total. The standard InChI is InChI=1S/C11H9BrF6O2/c12-4-8(19)5-20-9-2-6(10(13,14)15)1-7(3-9)11(16,17)18/h1-3,8,19H,4-5H2. The minimum atomic E-state index is -4.92. The van der Waals surface area contributed by atoms with Crippen LogP contribution in [0.3, 0.4) is 0 Å². The van der Waals surface area contributed by atoms with Gasteiger partial charge < -0.3 is 9.84 Å². The fourth-order valence-corrected chi connectivity index (χ4v) is 1.43. The molecule has 114 valence electrons. The second-order valence-electron chi connectivity index (χ2n) is 3.86. The van der Waals surface area contributed by atoms with Gasteiger partial charge in [0, 0.05) is 5.33 Å². The van der Waals surface area contributed by atoms with E-state index in [1.165, 1.54) is 0 Å². The quantitative estimate of drug-likeness (QED) is 0.647. The first-order valence-electron chi connectivity index (χ1n) is 5.20. The van der Waals surface area contributed by atoms with Gasteiger partial charge in [0.05, 0.1) is 17.2 Å². The molecule has 0 heterocycles. The van der Waals surface area contributed by atoms with Crippen molar-refractivity contribution in [2.24, 2.45) is 0 Å². The van der Waals surface area contributed by atoms with Gasteiger partial charge >= 0.3 is 12.4 Å². The summed E-state index contributed by atoms with van der Waals surface area (Å²) in [6.45, 7) is -0.427. The number of aliphatic hydroxyl groups is 1. The zero-order chi connectivity index (χ0) is 15.6. The fraction of sp³-hybridized carbons (Fsp3) is 0.455. The summed E-state index contributed by atoms with van der Waals surface area (Å²) in [6, 6.07) is 0.917. The summed E-state index contributed by atoms with van der Waals surface area (Å²) in [6.07, 6.45) is -10.9. The van der Waals surface area contributed by atoms with Crippen molar-refractivity contribution in [1.82, 2.24) is 0 Å². The Morgan fingerprint density at radius 3 is 1.80 bits per heavy atom. The van der Waals surface area contributed by atoms with Crippen molar-refractivity contribution in [3.63, 3.8) is 0 Å². The van der Waals surface area contributed by atoms with Crippen molar-refractivity contribution < 1.29 is 36.2 Å². The first kappa shape index (κ1) is 17.1. The Balaban J connectivity index is 3.11. The van der Waals surface area contributed by atoms with Gasteiger partial charge in [-0.25, -0.2) is 0 Å². The van der Waals surface area contributed by atoms with Gasteiger partial charge in [0.2, 0.25) is 0 Å². The van der Waals surface area contributed by atoms with E-state index in [2.05, 4.69) is 15.9 Å². The smallest absolute Gasteiger partial charge is 0.416 e. The lowest BCUT2D eigenvalue weighted by Crippen LogP contribution is -2.19. The second-order valence-corrected chi connectivity index (χ2v) is 4.51. The lowest BCUT2D eigenvalue weighted by atomic mass is 10.1. The molecule has 1 aromatic rings. The highest BCUT2D eigenvalue weighted by molar-refractivity contribution is 9.09. The number of halogens is 7. The van der Waals surface area contributed by atoms with E-state index in [-0.39, 0.29) is 11.4 Å². The van der Waals surface area contributed by atoms with Crippen LogP contribution in [-0.2, 0) is 12.4 Å². The Hall–Kier alpha value is -0.960. The molecule has 0 saturated heterocycles. The average Bonchev–Trinajstić information content (AvgIpc) is 2.33. The summed E-state index contributed by atoms with van der Waals surface area (Å²) >= 11 is 2.89. The molecule has 20 heavy (non-hydrogen) atoms. The summed E-state index contributed by atoms with van der Waals surface area (Å²) in [4.78, 5) is 0. The van der Waals surface area contributed by atoms with Crippen LogP contribution in [0.15, 0.2) is 18.2 Å². The topological polar surface area (TPSA) is 29.5 Å². The molecule has 0 bridgehead atoms. The van der Waals surface area contributed by atoms with Crippen LogP contribution in [0.4, 0.5) is 26.3 Å². The maximum Gasteiger partial charge on any atom is 0.416 e. The molecule has 1 unspecified atom stereocenters. The van der Waals surface area contributed by atoms with Gasteiger partial charge in [-0.15, -0.1) is 0 Å². The molecule has 0 radical (unpaired) electrons. The van der Waals surface area contributed by atoms with Crippen LogP contribution in [0, 0.1) is 0 Å². The van der Waals surface area contributed by atoms with E-state index in [1.807, 2.05) is 0 Å². The van der Waals surface area contributed by atoms with Gasteiger partial charge in [-0.1, -0.05) is 15.9 Å². The second kappa shape index (κ2) is 6.21. The fourth-order valence-electron chi connectivity index (χ4n) is 1.25. The van der Waals surface area contributed by atoms with Crippen molar-refractivity contribution in [2.75, 3.05) is 11.9 Å². The molecule has 0 spiro atoms. The SMILES string of the molecule is OC(CBr)COc1cc(C(F)(F)F)cc(C(F)(F)F)c1. The van der Waals surface area contributed by atoms with Crippen molar-refractivity contribution in [3.8, 4) is 5.75 Å². The minimum absolute atomic E-state index is 0.00771. The van der Waals surface area contributed by atoms with Crippen molar-refractivity contribution >= 4 is 15.9 Å². The zero-order valence-corrected chi connectivity index (χ0v) is 11.3. The van der Waals surface area contributed by atoms with E-state index in [0.717, 1.165) is 0 Å². The molecule has 1 rings (SSSR count). The Morgan fingerprint density at radius 1 is 1.00 bits per heavy atom. The number of benzene rings is 1. The molecule has 2 nitrogen and oxygen atoms in total. The number of hydrogen-bond donors (Lipinski definition) is 1. The number of alkyl halides is 7. The maximum atomic E-state index is 12.5. The normalized spacial score (nSPS) is 14.2. The lowest BCUT2D eigenvalue weighted by Gasteiger charge is -2.15. The molecular weight excluding hydrogens is 358 g/mol. The van der Waals surface area contributed by atoms with Crippen LogP contribution in [0.2, 0.25) is 0 Å². The summed E-state index contributed by atoms with van der Waals surface area (Å²) in [7, 11) is 0. The van der Waals surface area contributed by atoms with Gasteiger partial charge in [-0.3, -0.25) is 0 Å². The minimum Gasteiger partial charge on any atom is -0.491 e. The zero-order valence-electron chi connectivity index (χ0n) is 9.72. The summed E-state index contributed by atoms with van der Waals surface area (Å²) < 4.78 is 79.9. The Bertz CT molecular complexity index is 425. The van der Waals surface area contributed by atoms with Gasteiger partial charge in [0.25, 0.3) is 0 Å². The van der Waals surface area contributed by atoms with Gasteiger partial charge in [0.15, 0.2) is 0 Å². The van der Waals surface area contributed by atoms with Crippen LogP contribution in [-0.4, -0.2) is 23.1 Å². The van der Waals surface area contributed by atoms with Crippen LogP contribution >= 0.6 is 15.9 Å². The van der Waals surface area contributed by atoms with Gasteiger partial charge in [-0.2, -0.15) is 26.3 Å². The first-order valence-corrected chi connectivity index (χ1v) is 6.32. The number of hydrogen-bond acceptors (Lipinski definition) is 2. The van der Waals surface area contributed by atoms with E-state index in [1.54, 1.807) is 0 Å². The summed E-state index contributed by atoms with van der Waals surface area (Å²) in [5.41, 5.74) is -2.92. The van der Waals surface area contributed by atoms with Crippen LogP contribution in [0.5, 0.6) is 5.75 Å². The molecule has 0 aliphatic rings. The van der Waals surface area contributed by atoms with Crippen LogP contribution in [0.25, 0.3) is 0 Å². The van der Waals surface area contributed by atoms with E-state index in [0.29, 0.717) is 12.1 Å². The molecule has 1 atom stereocenters. The predicted molar refractivity (Wildman–Crippen MR) is 61.7 cm³/mol. The van der Waals surface area contributed by atoms with Crippen LogP contribution in [0.1, 0.15) is 11.1 Å². The van der Waals surface area contributed by atoms with Crippen molar-refractivity contribution in [2.45, 2.75) is 18.5 Å². The molecule has 0 amide bonds. The first-order chi connectivity index (χ1) is 9.04. The Kier molecular flexibility index (Phi) is 5.31. The predicted octanol–water partition coefficient (Wildman–Crippen LogP) is 3.86. The highest BCUT2D eigenvalue weighted by Gasteiger charge is 2.37. The molecule has 0 fully saturated rings. The molecular formula is C11H9BrF6O2. The molecule has 0 aromatic heterocycles. The van der Waals surface area contributed by atoms with Gasteiger partial charge in [0.1, 0.15) is 12.4 Å². The molecule has 0 aliphatic heterocycles. The van der Waals surface area contributed by atoms with E-state index in [4.69, 9.17) is 9.84 Å². The highest BCUT2D eigenvalue weighted by Crippen LogP contribution is 2.38. The number of ether oxygens (including phenoxy) is 1. The van der Waals surface area contributed by atoms with Crippen molar-refractivity contribution in [1.29, 1.82) is 0 Å². The maximum absolute atomic E-state index is 12.5. The van der Waals surface area contributed by atoms with Crippen molar-refractivity contribution in [3.05, 3.63) is 29.3 Å². The molecule has 9 heteroatoms. The number of rotatable bonds is 4. The molecule has 1 aromatic carbocycles. The molecule has 0 aliphatic carbocycles. The Morgan fingerprint density at radius 2 is 1.45 bits per heavy atom. The van der Waals surface area contributed by atoms with E-state index in [9.17, 15) is 26.3 Å². The monoisotopic (exact) mass is 366 g/mol. The largest absolute Gasteiger partial charge is 0.491 e. The van der Waals surface area contributed by atoms with E-state index < -0.39 is 41.9 Å². The Labute approximate surface area is 118 Å². The lowest BCUT2D eigenvalue weighted by molar-refractivity contribution is -0.143. The highest BCUT2D eigenvalue weighted by atomic mass is 79.9. The third-order valence-electron chi connectivity index (χ3n) is 2.18. The molecule has 0 saturated carbocycles.